The SMILES string of the molecule is CN(C(=O)OCCl)[C@]1(c2ccccc2Cl)CCCCC1=O.CN[C@@H](C)C(=O)OCOC(=O)N(C)[C@]1(c2ccccc2Cl)CCCCC1=O.C[C@@H](C(=O)O)N(C)C(=O)OC(C)(C)C.C[C@@H](C(=O)OCOC(=O)N(C)[C@]1(c2ccccc2Cl)CCCCC1=O)N(C)C(=O)OC(C)(C)C.O=C(O)C(F)(F)F. The third kappa shape index (κ3) is 25.6. The number of amides is 5. The van der Waals surface area contributed by atoms with E-state index in [9.17, 15) is 65.9 Å². The zero-order chi connectivity index (χ0) is 78.8. The van der Waals surface area contributed by atoms with Crippen molar-refractivity contribution in [3.8, 4) is 0 Å². The van der Waals surface area contributed by atoms with Crippen molar-refractivity contribution in [1.29, 1.82) is 0 Å². The molecule has 3 fully saturated rings. The molecule has 34 heteroatoms. The summed E-state index contributed by atoms with van der Waals surface area (Å²) in [4.78, 5) is 149. The van der Waals surface area contributed by atoms with Crippen LogP contribution in [0.3, 0.4) is 0 Å². The van der Waals surface area contributed by atoms with Gasteiger partial charge in [-0.25, -0.2) is 38.4 Å². The highest BCUT2D eigenvalue weighted by atomic mass is 35.5. The van der Waals surface area contributed by atoms with Gasteiger partial charge >= 0.3 is 60.5 Å². The Morgan fingerprint density at radius 1 is 0.485 bits per heavy atom. The van der Waals surface area contributed by atoms with Gasteiger partial charge in [0.2, 0.25) is 13.6 Å². The fourth-order valence-electron chi connectivity index (χ4n) is 10.6. The molecule has 0 bridgehead atoms. The Morgan fingerprint density at radius 2 is 0.777 bits per heavy atom. The first-order valence-corrected chi connectivity index (χ1v) is 34.0. The van der Waals surface area contributed by atoms with E-state index in [1.54, 1.807) is 129 Å². The normalized spacial score (nSPS) is 18.8. The van der Waals surface area contributed by atoms with Crippen LogP contribution in [0.25, 0.3) is 0 Å². The standard InChI is InChI=1S/C24H33ClN2O7.C19H25ClN2O5.C15H17Cl2NO3.C9H17NO4.C2HF3O2/c1-16(26(5)21(30)34-23(2,3)4)20(29)32-15-33-22(31)27(6)24(14-10-9-13-19(24)28)17-11-7-8-12-18(17)25;1-13(21-2)17(24)26-12-27-18(25)22(3)19(11-7-6-10-16(19)23)14-8-4-5-9-15(14)20;1-18(14(20)21-10-16)15(9-5-4-8-13(15)19)11-6-2-3-7-12(11)17;1-6(7(11)12)10(5)8(13)14-9(2,3)4;3-2(4,5)1(6)7/h7-8,11-12,16H,9-10,13-15H2,1-6H3;4-5,8-9,13,21H,6-7,10-12H2,1-3H3;2-3,6-7H,4-5,8-10H2,1H3;6H,1-5H3,(H,11,12);(H,6,7)/t16-,24-;13-,19-;15-;6-;/m0000./s1. The summed E-state index contributed by atoms with van der Waals surface area (Å²) in [5, 5.41) is 19.8. The number of rotatable bonds is 17. The summed E-state index contributed by atoms with van der Waals surface area (Å²) in [5.41, 5.74) is -3.09. The molecule has 103 heavy (non-hydrogen) atoms. The van der Waals surface area contributed by atoms with Gasteiger partial charge < -0.3 is 48.7 Å². The number of aliphatic carboxylic acids is 2. The van der Waals surface area contributed by atoms with E-state index in [-0.39, 0.29) is 23.4 Å². The third-order valence-electron chi connectivity index (χ3n) is 16.7. The third-order valence-corrected chi connectivity index (χ3v) is 17.8. The number of Topliss-reactive ketones (excluding diaryl/α,β-unsaturated/α-hetero) is 3. The van der Waals surface area contributed by atoms with Crippen LogP contribution in [-0.2, 0) is 83.3 Å². The molecule has 6 rings (SSSR count). The number of carbonyl (C=O) groups is 12. The van der Waals surface area contributed by atoms with E-state index in [2.05, 4.69) is 5.32 Å². The van der Waals surface area contributed by atoms with Crippen molar-refractivity contribution >= 4 is 118 Å². The molecule has 0 unspecified atom stereocenters. The molecule has 3 aliphatic carbocycles. The topological polar surface area (TPSA) is 338 Å². The molecule has 5 amide bonds. The molecule has 3 aromatic carbocycles. The number of likely N-dealkylation sites (N-methyl/N-ethyl adjacent to an activating group) is 6. The number of esters is 2. The van der Waals surface area contributed by atoms with Crippen LogP contribution < -0.4 is 5.32 Å². The summed E-state index contributed by atoms with van der Waals surface area (Å²) in [5.74, 6) is -5.36. The molecule has 3 N–H and O–H groups in total. The largest absolute Gasteiger partial charge is 0.490 e. The van der Waals surface area contributed by atoms with Gasteiger partial charge in [-0.3, -0.25) is 43.7 Å². The van der Waals surface area contributed by atoms with Crippen LogP contribution in [0.2, 0.25) is 15.1 Å². The summed E-state index contributed by atoms with van der Waals surface area (Å²) in [7, 11) is 8.95. The van der Waals surface area contributed by atoms with Crippen LogP contribution in [0.5, 0.6) is 0 Å². The Bertz CT molecular complexity index is 3450. The maximum Gasteiger partial charge on any atom is 0.490 e. The second-order valence-electron chi connectivity index (χ2n) is 25.8. The summed E-state index contributed by atoms with van der Waals surface area (Å²) in [6, 6.07) is 18.4. The molecule has 3 saturated carbocycles. The van der Waals surface area contributed by atoms with Crippen molar-refractivity contribution in [3.63, 3.8) is 0 Å². The number of ketones is 3. The number of carboxylic acids is 2. The van der Waals surface area contributed by atoms with Crippen LogP contribution in [0.4, 0.5) is 37.1 Å². The van der Waals surface area contributed by atoms with E-state index in [4.69, 9.17) is 94.6 Å². The number of benzene rings is 3. The minimum atomic E-state index is -5.08. The number of alkyl halides is 4. The first-order chi connectivity index (χ1) is 47.8. The van der Waals surface area contributed by atoms with Gasteiger partial charge in [0.25, 0.3) is 0 Å². The molecule has 6 atom stereocenters. The maximum atomic E-state index is 13.1. The second-order valence-corrected chi connectivity index (χ2v) is 27.2. The van der Waals surface area contributed by atoms with Crippen molar-refractivity contribution in [2.24, 2.45) is 0 Å². The van der Waals surface area contributed by atoms with Crippen molar-refractivity contribution in [2.75, 3.05) is 61.9 Å². The van der Waals surface area contributed by atoms with Crippen LogP contribution in [0.1, 0.15) is 156 Å². The molecule has 574 valence electrons. The predicted octanol–water partition coefficient (Wildman–Crippen LogP) is 13.3. The van der Waals surface area contributed by atoms with Crippen molar-refractivity contribution in [2.45, 2.75) is 191 Å². The van der Waals surface area contributed by atoms with E-state index < -0.39 is 120 Å². The van der Waals surface area contributed by atoms with Crippen LogP contribution >= 0.6 is 46.4 Å². The minimum absolute atomic E-state index is 0.0177. The van der Waals surface area contributed by atoms with Crippen LogP contribution in [0.15, 0.2) is 72.8 Å². The van der Waals surface area contributed by atoms with Crippen LogP contribution in [-0.4, -0.2) is 204 Å². The van der Waals surface area contributed by atoms with Crippen molar-refractivity contribution < 1.29 is 114 Å². The smallest absolute Gasteiger partial charge is 0.480 e. The molecule has 0 saturated heterocycles. The number of nitrogens with zero attached hydrogens (tertiary/aromatic N) is 5. The van der Waals surface area contributed by atoms with E-state index in [1.807, 2.05) is 6.07 Å². The molecular weight excluding hydrogens is 1450 g/mol. The lowest BCUT2D eigenvalue weighted by atomic mass is 9.74. The molecule has 27 nitrogen and oxygen atoms in total. The molecule has 0 radical (unpaired) electrons. The van der Waals surface area contributed by atoms with Crippen molar-refractivity contribution in [3.05, 3.63) is 105 Å². The molecule has 3 aromatic rings. The molecular formula is C69H93Cl4F3N6O21. The quantitative estimate of drug-likeness (QED) is 0.0489. The van der Waals surface area contributed by atoms with Gasteiger partial charge in [-0.1, -0.05) is 101 Å². The van der Waals surface area contributed by atoms with E-state index in [1.165, 1.54) is 56.7 Å². The first-order valence-electron chi connectivity index (χ1n) is 32.4. The van der Waals surface area contributed by atoms with Crippen LogP contribution in [0, 0.1) is 0 Å². The Hall–Kier alpha value is -8.19. The average Bonchev–Trinajstić information content (AvgIpc) is 0.767. The fraction of sp³-hybridized carbons (Fsp3) is 0.565. The zero-order valence-electron chi connectivity index (χ0n) is 60.3. The van der Waals surface area contributed by atoms with Gasteiger partial charge in [-0.2, -0.15) is 13.2 Å². The number of halogens is 7. The highest BCUT2D eigenvalue weighted by molar-refractivity contribution is 6.32. The van der Waals surface area contributed by atoms with Gasteiger partial charge in [-0.15, -0.1) is 0 Å². The van der Waals surface area contributed by atoms with E-state index >= 15 is 0 Å². The summed E-state index contributed by atoms with van der Waals surface area (Å²) >= 11 is 24.5. The highest BCUT2D eigenvalue weighted by Gasteiger charge is 2.52. The van der Waals surface area contributed by atoms with Gasteiger partial charge in [0, 0.05) is 86.3 Å². The van der Waals surface area contributed by atoms with E-state index in [0.29, 0.717) is 70.3 Å². The van der Waals surface area contributed by atoms with Gasteiger partial charge in [0.05, 0.1) is 0 Å². The summed E-state index contributed by atoms with van der Waals surface area (Å²) < 4.78 is 67.0. The molecule has 0 spiro atoms. The number of ether oxygens (including phenoxy) is 7. The molecule has 3 aliphatic rings. The Morgan fingerprint density at radius 3 is 1.04 bits per heavy atom. The monoisotopic (exact) mass is 1540 g/mol. The number of hydrogen-bond acceptors (Lipinski definition) is 20. The van der Waals surface area contributed by atoms with Gasteiger partial charge in [0.15, 0.2) is 23.4 Å². The fourth-order valence-corrected chi connectivity index (χ4v) is 11.6. The maximum absolute atomic E-state index is 13.1. The number of carboxylic acid groups (broad SMARTS) is 2. The zero-order valence-corrected chi connectivity index (χ0v) is 63.3. The lowest BCUT2D eigenvalue weighted by Crippen LogP contribution is -2.54. The minimum Gasteiger partial charge on any atom is -0.480 e. The molecule has 0 aliphatic heterocycles. The first kappa shape index (κ1) is 90.9. The highest BCUT2D eigenvalue weighted by Crippen LogP contribution is 2.45. The second kappa shape index (κ2) is 40.8. The number of nitrogens with one attached hydrogen (secondary N) is 1. The number of carbonyl (C=O) groups excluding carboxylic acids is 10. The Labute approximate surface area is 617 Å². The Balaban J connectivity index is 0.000000469. The molecule has 0 aromatic heterocycles. The lowest BCUT2D eigenvalue weighted by molar-refractivity contribution is -0.192. The van der Waals surface area contributed by atoms with Crippen molar-refractivity contribution in [1.82, 2.24) is 29.8 Å². The number of hydrogen-bond donors (Lipinski definition) is 3. The lowest BCUT2D eigenvalue weighted by Gasteiger charge is -2.43. The predicted molar refractivity (Wildman–Crippen MR) is 372 cm³/mol. The van der Waals surface area contributed by atoms with E-state index in [0.717, 1.165) is 48.3 Å². The summed E-state index contributed by atoms with van der Waals surface area (Å²) in [6.07, 6.45) is -1.46. The average molecular weight is 1540 g/mol. The van der Waals surface area contributed by atoms with Gasteiger partial charge in [0.1, 0.15) is 45.9 Å². The Kier molecular flexibility index (Phi) is 36.0. The summed E-state index contributed by atoms with van der Waals surface area (Å²) in [6.45, 7) is 13.6. The van der Waals surface area contributed by atoms with Gasteiger partial charge in [-0.05, 0) is 145 Å². The molecule has 0 heterocycles.